The van der Waals surface area contributed by atoms with Crippen molar-refractivity contribution in [1.82, 2.24) is 5.09 Å². The van der Waals surface area contributed by atoms with E-state index in [0.717, 1.165) is 7.11 Å². The monoisotopic (exact) mass is 179 g/mol. The molecule has 11 heavy (non-hydrogen) atoms. The van der Waals surface area contributed by atoms with Crippen molar-refractivity contribution in [2.24, 2.45) is 0 Å². The Bertz CT molecular complexity index is 225. The topological polar surface area (TPSA) is 75.6 Å². The van der Waals surface area contributed by atoms with E-state index in [9.17, 15) is 9.36 Å². The number of hydrogen-bond donors (Lipinski definition) is 2. The lowest BCUT2D eigenvalue weighted by Gasteiger charge is -2.09. The lowest BCUT2D eigenvalue weighted by Crippen LogP contribution is -2.20. The van der Waals surface area contributed by atoms with E-state index < -0.39 is 13.7 Å². The van der Waals surface area contributed by atoms with Gasteiger partial charge in [0, 0.05) is 12.7 Å². The molecule has 0 aliphatic heterocycles. The first-order valence-electron chi connectivity index (χ1n) is 2.75. The van der Waals surface area contributed by atoms with Crippen LogP contribution < -0.4 is 5.09 Å². The van der Waals surface area contributed by atoms with Gasteiger partial charge in [0.2, 0.25) is 0 Å². The molecule has 0 aromatic rings. The predicted molar refractivity (Wildman–Crippen MR) is 39.8 cm³/mol. The maximum Gasteiger partial charge on any atom is 0.432 e. The molecule has 0 aromatic heterocycles. The second kappa shape index (κ2) is 3.67. The zero-order valence-corrected chi connectivity index (χ0v) is 7.22. The van der Waals surface area contributed by atoms with Gasteiger partial charge in [-0.25, -0.2) is 4.57 Å². The fraction of sp³-hybridized carbons (Fsp3) is 0.400. The average molecular weight is 179 g/mol. The number of amides is 1. The van der Waals surface area contributed by atoms with Gasteiger partial charge in [-0.3, -0.25) is 14.4 Å². The molecule has 0 heterocycles. The lowest BCUT2D eigenvalue weighted by molar-refractivity contribution is -0.116. The quantitative estimate of drug-likeness (QED) is 0.486. The minimum Gasteiger partial charge on any atom is -0.308 e. The Morgan fingerprint density at radius 3 is 2.45 bits per heavy atom. The van der Waals surface area contributed by atoms with E-state index in [0.29, 0.717) is 0 Å². The van der Waals surface area contributed by atoms with Crippen molar-refractivity contribution in [1.29, 1.82) is 0 Å². The maximum atomic E-state index is 10.7. The van der Waals surface area contributed by atoms with E-state index in [1.165, 1.54) is 6.92 Å². The smallest absolute Gasteiger partial charge is 0.308 e. The molecule has 1 amide bonds. The van der Waals surface area contributed by atoms with Crippen molar-refractivity contribution >= 4 is 13.7 Å². The first-order chi connectivity index (χ1) is 4.89. The molecule has 0 aliphatic carbocycles. The molecule has 6 heteroatoms. The van der Waals surface area contributed by atoms with Gasteiger partial charge in [-0.15, -0.1) is 0 Å². The largest absolute Gasteiger partial charge is 0.432 e. The lowest BCUT2D eigenvalue weighted by atomic mass is 10.3. The third-order valence-corrected chi connectivity index (χ3v) is 1.86. The molecule has 0 radical (unpaired) electrons. The van der Waals surface area contributed by atoms with Crippen molar-refractivity contribution in [3.63, 3.8) is 0 Å². The van der Waals surface area contributed by atoms with E-state index in [2.05, 4.69) is 11.1 Å². The van der Waals surface area contributed by atoms with Crippen LogP contribution in [0.1, 0.15) is 6.92 Å². The Labute approximate surface area is 64.6 Å². The summed E-state index contributed by atoms with van der Waals surface area (Å²) in [4.78, 5) is 19.4. The average Bonchev–Trinajstić information content (AvgIpc) is 1.87. The SMILES string of the molecule is C=C(C)C(=O)NP(=O)(O)OC. The number of carbonyl (C=O) groups excluding carboxylic acids is 1. The van der Waals surface area contributed by atoms with Gasteiger partial charge in [0.25, 0.3) is 5.91 Å². The van der Waals surface area contributed by atoms with Gasteiger partial charge >= 0.3 is 7.75 Å². The Morgan fingerprint density at radius 1 is 1.73 bits per heavy atom. The highest BCUT2D eigenvalue weighted by atomic mass is 31.2. The summed E-state index contributed by atoms with van der Waals surface area (Å²) < 4.78 is 14.8. The zero-order valence-electron chi connectivity index (χ0n) is 6.33. The summed E-state index contributed by atoms with van der Waals surface area (Å²) in [7, 11) is -2.92. The zero-order chi connectivity index (χ0) is 9.07. The maximum absolute atomic E-state index is 10.7. The molecule has 64 valence electrons. The van der Waals surface area contributed by atoms with Gasteiger partial charge in [-0.05, 0) is 6.92 Å². The fourth-order valence-corrected chi connectivity index (χ4v) is 0.808. The van der Waals surface area contributed by atoms with E-state index >= 15 is 0 Å². The fourth-order valence-electron chi connectivity index (χ4n) is 0.269. The van der Waals surface area contributed by atoms with Crippen LogP contribution in [-0.2, 0) is 13.9 Å². The van der Waals surface area contributed by atoms with Crippen molar-refractivity contribution in [3.05, 3.63) is 12.2 Å². The Kier molecular flexibility index (Phi) is 3.45. The Morgan fingerprint density at radius 2 is 2.18 bits per heavy atom. The molecular formula is C5H10NO4P. The van der Waals surface area contributed by atoms with Crippen LogP contribution in [0.15, 0.2) is 12.2 Å². The van der Waals surface area contributed by atoms with Gasteiger partial charge in [0.15, 0.2) is 0 Å². The second-order valence-electron chi connectivity index (χ2n) is 1.92. The second-order valence-corrected chi connectivity index (χ2v) is 3.55. The third kappa shape index (κ3) is 3.93. The summed E-state index contributed by atoms with van der Waals surface area (Å²) >= 11 is 0. The number of carbonyl (C=O) groups is 1. The highest BCUT2D eigenvalue weighted by Gasteiger charge is 2.20. The van der Waals surface area contributed by atoms with Crippen molar-refractivity contribution in [3.8, 4) is 0 Å². The Hall–Kier alpha value is -0.640. The van der Waals surface area contributed by atoms with Crippen LogP contribution in [0.4, 0.5) is 0 Å². The molecule has 0 saturated carbocycles. The highest BCUT2D eigenvalue weighted by molar-refractivity contribution is 7.51. The summed E-state index contributed by atoms with van der Waals surface area (Å²) in [6.45, 7) is 4.70. The van der Waals surface area contributed by atoms with Crippen LogP contribution >= 0.6 is 7.75 Å². The molecule has 0 rings (SSSR count). The summed E-state index contributed by atoms with van der Waals surface area (Å²) in [6.07, 6.45) is 0. The van der Waals surface area contributed by atoms with E-state index in [-0.39, 0.29) is 5.57 Å². The van der Waals surface area contributed by atoms with Crippen molar-refractivity contribution in [2.75, 3.05) is 7.11 Å². The minimum atomic E-state index is -3.94. The first-order valence-corrected chi connectivity index (χ1v) is 4.33. The molecule has 2 N–H and O–H groups in total. The summed E-state index contributed by atoms with van der Waals surface area (Å²) in [5, 5.41) is 1.76. The first kappa shape index (κ1) is 10.4. The normalized spacial score (nSPS) is 15.2. The minimum absolute atomic E-state index is 0.149. The van der Waals surface area contributed by atoms with Gasteiger partial charge in [0.1, 0.15) is 0 Å². The predicted octanol–water partition coefficient (Wildman–Crippen LogP) is 0.425. The number of rotatable bonds is 3. The molecule has 0 bridgehead atoms. The molecule has 1 unspecified atom stereocenters. The molecule has 0 aliphatic rings. The van der Waals surface area contributed by atoms with E-state index in [1.54, 1.807) is 5.09 Å². The van der Waals surface area contributed by atoms with Gasteiger partial charge in [0.05, 0.1) is 0 Å². The number of nitrogens with one attached hydrogen (secondary N) is 1. The third-order valence-electron chi connectivity index (χ3n) is 0.878. The molecule has 5 nitrogen and oxygen atoms in total. The van der Waals surface area contributed by atoms with E-state index in [1.807, 2.05) is 0 Å². The number of hydrogen-bond acceptors (Lipinski definition) is 3. The highest BCUT2D eigenvalue weighted by Crippen LogP contribution is 2.35. The van der Waals surface area contributed by atoms with Crippen LogP contribution in [0.3, 0.4) is 0 Å². The summed E-state index contributed by atoms with van der Waals surface area (Å²) in [5.74, 6) is -0.697. The molecular weight excluding hydrogens is 169 g/mol. The van der Waals surface area contributed by atoms with Gasteiger partial charge in [-0.2, -0.15) is 0 Å². The molecule has 0 saturated heterocycles. The molecule has 0 aromatic carbocycles. The standard InChI is InChI=1S/C5H10NO4P/c1-4(2)5(7)6-11(8,9)10-3/h1H2,2-3H3,(H2,6,7,8,9). The van der Waals surface area contributed by atoms with Gasteiger partial charge < -0.3 is 4.89 Å². The van der Waals surface area contributed by atoms with Crippen LogP contribution in [0, 0.1) is 0 Å². The Balaban J connectivity index is 4.16. The van der Waals surface area contributed by atoms with Crippen LogP contribution in [0.2, 0.25) is 0 Å². The van der Waals surface area contributed by atoms with Crippen LogP contribution in [-0.4, -0.2) is 17.9 Å². The molecule has 0 spiro atoms. The summed E-state index contributed by atoms with van der Waals surface area (Å²) in [6, 6.07) is 0. The van der Waals surface area contributed by atoms with Crippen LogP contribution in [0.25, 0.3) is 0 Å². The van der Waals surface area contributed by atoms with Crippen molar-refractivity contribution in [2.45, 2.75) is 6.92 Å². The van der Waals surface area contributed by atoms with E-state index in [4.69, 9.17) is 4.89 Å². The molecule has 1 atom stereocenters. The van der Waals surface area contributed by atoms with Crippen molar-refractivity contribution < 1.29 is 18.8 Å². The molecule has 0 fully saturated rings. The van der Waals surface area contributed by atoms with Gasteiger partial charge in [-0.1, -0.05) is 6.58 Å². The van der Waals surface area contributed by atoms with Crippen LogP contribution in [0.5, 0.6) is 0 Å². The summed E-state index contributed by atoms with van der Waals surface area (Å²) in [5.41, 5.74) is 0.149.